The minimum Gasteiger partial charge on any atom is -0.358 e. The second-order valence-corrected chi connectivity index (χ2v) is 7.24. The summed E-state index contributed by atoms with van der Waals surface area (Å²) in [5.74, 6) is -1.13. The maximum atomic E-state index is 13.9. The first-order chi connectivity index (χ1) is 11.8. The van der Waals surface area contributed by atoms with E-state index in [2.05, 4.69) is 30.2 Å². The van der Waals surface area contributed by atoms with Crippen LogP contribution in [-0.4, -0.2) is 17.4 Å². The van der Waals surface area contributed by atoms with Crippen LogP contribution in [0.3, 0.4) is 0 Å². The minimum atomic E-state index is -0.619. The van der Waals surface area contributed by atoms with Crippen molar-refractivity contribution in [3.63, 3.8) is 0 Å². The van der Waals surface area contributed by atoms with Crippen molar-refractivity contribution in [1.29, 1.82) is 0 Å². The number of benzene rings is 2. The van der Waals surface area contributed by atoms with Crippen molar-refractivity contribution in [2.45, 2.75) is 26.2 Å². The molecule has 0 aliphatic rings. The lowest BCUT2D eigenvalue weighted by molar-refractivity contribution is 0.0942. The SMILES string of the molecule is Cc1[nH]c2ccccc2c1C(C)(C)CNC(=O)c1c(F)cccc1Cl. The fraction of sp³-hybridized carbons (Fsp3) is 0.250. The van der Waals surface area contributed by atoms with E-state index in [0.717, 1.165) is 22.2 Å². The van der Waals surface area contributed by atoms with Gasteiger partial charge in [0.15, 0.2) is 0 Å². The number of hydrogen-bond acceptors (Lipinski definition) is 1. The van der Waals surface area contributed by atoms with E-state index in [0.29, 0.717) is 6.54 Å². The summed E-state index contributed by atoms with van der Waals surface area (Å²) in [6, 6.07) is 12.3. The van der Waals surface area contributed by atoms with Crippen LogP contribution in [0.5, 0.6) is 0 Å². The first-order valence-electron chi connectivity index (χ1n) is 8.11. The minimum absolute atomic E-state index is 0.110. The molecule has 1 aromatic heterocycles. The quantitative estimate of drug-likeness (QED) is 0.679. The molecule has 0 unspecified atom stereocenters. The number of halogens is 2. The highest BCUT2D eigenvalue weighted by atomic mass is 35.5. The monoisotopic (exact) mass is 358 g/mol. The lowest BCUT2D eigenvalue weighted by Crippen LogP contribution is -2.37. The van der Waals surface area contributed by atoms with Gasteiger partial charge >= 0.3 is 0 Å². The number of H-pyrrole nitrogens is 1. The van der Waals surface area contributed by atoms with E-state index >= 15 is 0 Å². The number of carbonyl (C=O) groups excluding carboxylic acids is 1. The second-order valence-electron chi connectivity index (χ2n) is 6.83. The number of carbonyl (C=O) groups is 1. The third-order valence-corrected chi connectivity index (χ3v) is 4.77. The molecule has 0 fully saturated rings. The van der Waals surface area contributed by atoms with Crippen molar-refractivity contribution >= 4 is 28.4 Å². The van der Waals surface area contributed by atoms with E-state index in [4.69, 9.17) is 11.6 Å². The Morgan fingerprint density at radius 2 is 1.92 bits per heavy atom. The van der Waals surface area contributed by atoms with Gasteiger partial charge in [-0.3, -0.25) is 4.79 Å². The van der Waals surface area contributed by atoms with Crippen LogP contribution in [0.2, 0.25) is 5.02 Å². The van der Waals surface area contributed by atoms with Gasteiger partial charge in [-0.15, -0.1) is 0 Å². The van der Waals surface area contributed by atoms with Gasteiger partial charge in [-0.05, 0) is 30.7 Å². The highest BCUT2D eigenvalue weighted by Gasteiger charge is 2.28. The molecular weight excluding hydrogens is 339 g/mol. The zero-order chi connectivity index (χ0) is 18.2. The van der Waals surface area contributed by atoms with E-state index in [1.165, 1.54) is 18.2 Å². The molecule has 0 saturated carbocycles. The molecule has 2 aromatic carbocycles. The van der Waals surface area contributed by atoms with Gasteiger partial charge in [0.25, 0.3) is 5.91 Å². The van der Waals surface area contributed by atoms with Gasteiger partial charge in [-0.2, -0.15) is 0 Å². The van der Waals surface area contributed by atoms with Crippen LogP contribution < -0.4 is 5.32 Å². The molecule has 130 valence electrons. The van der Waals surface area contributed by atoms with Gasteiger partial charge < -0.3 is 10.3 Å². The van der Waals surface area contributed by atoms with Crippen molar-refractivity contribution in [3.8, 4) is 0 Å². The summed E-state index contributed by atoms with van der Waals surface area (Å²) in [6.45, 7) is 6.49. The van der Waals surface area contributed by atoms with Gasteiger partial charge in [0.2, 0.25) is 0 Å². The Morgan fingerprint density at radius 1 is 1.20 bits per heavy atom. The van der Waals surface area contributed by atoms with Crippen LogP contribution in [0.25, 0.3) is 10.9 Å². The third kappa shape index (κ3) is 3.27. The van der Waals surface area contributed by atoms with Crippen molar-refractivity contribution in [3.05, 3.63) is 70.1 Å². The molecule has 0 saturated heterocycles. The average Bonchev–Trinajstić information content (AvgIpc) is 2.89. The van der Waals surface area contributed by atoms with Crippen LogP contribution in [0.1, 0.15) is 35.5 Å². The summed E-state index contributed by atoms with van der Waals surface area (Å²) in [6.07, 6.45) is 0. The van der Waals surface area contributed by atoms with Crippen molar-refractivity contribution in [2.75, 3.05) is 6.54 Å². The first kappa shape index (κ1) is 17.5. The molecule has 0 atom stereocenters. The number of para-hydroxylation sites is 1. The van der Waals surface area contributed by atoms with Crippen LogP contribution >= 0.6 is 11.6 Å². The van der Waals surface area contributed by atoms with Crippen LogP contribution in [0.4, 0.5) is 4.39 Å². The zero-order valence-electron chi connectivity index (χ0n) is 14.4. The maximum absolute atomic E-state index is 13.9. The molecule has 0 spiro atoms. The Bertz CT molecular complexity index is 926. The van der Waals surface area contributed by atoms with Gasteiger partial charge in [-0.1, -0.05) is 49.7 Å². The Morgan fingerprint density at radius 3 is 2.64 bits per heavy atom. The van der Waals surface area contributed by atoms with E-state index < -0.39 is 11.7 Å². The largest absolute Gasteiger partial charge is 0.358 e. The second kappa shape index (κ2) is 6.52. The predicted molar refractivity (Wildman–Crippen MR) is 99.8 cm³/mol. The summed E-state index contributed by atoms with van der Waals surface area (Å²) in [7, 11) is 0. The van der Waals surface area contributed by atoms with Crippen molar-refractivity contribution in [1.82, 2.24) is 10.3 Å². The Labute approximate surface area is 151 Å². The third-order valence-electron chi connectivity index (χ3n) is 4.45. The number of rotatable bonds is 4. The summed E-state index contributed by atoms with van der Waals surface area (Å²) in [4.78, 5) is 15.8. The van der Waals surface area contributed by atoms with Gasteiger partial charge in [0, 0.05) is 28.6 Å². The Balaban J connectivity index is 1.87. The van der Waals surface area contributed by atoms with Crippen LogP contribution in [0, 0.1) is 12.7 Å². The zero-order valence-corrected chi connectivity index (χ0v) is 15.2. The highest BCUT2D eigenvalue weighted by Crippen LogP contribution is 2.33. The lowest BCUT2D eigenvalue weighted by Gasteiger charge is -2.26. The van der Waals surface area contributed by atoms with Gasteiger partial charge in [0.1, 0.15) is 5.82 Å². The Hall–Kier alpha value is -2.33. The smallest absolute Gasteiger partial charge is 0.255 e. The van der Waals surface area contributed by atoms with E-state index in [9.17, 15) is 9.18 Å². The number of aromatic amines is 1. The molecule has 3 rings (SSSR count). The molecule has 1 heterocycles. The first-order valence-corrected chi connectivity index (χ1v) is 8.49. The molecule has 0 bridgehead atoms. The molecule has 3 aromatic rings. The molecule has 0 radical (unpaired) electrons. The summed E-state index contributed by atoms with van der Waals surface area (Å²) in [5, 5.41) is 4.06. The standard InChI is InChI=1S/C20H20ClFN2O/c1-12-18(13-7-4-5-10-16(13)24-12)20(2,3)11-23-19(25)17-14(21)8-6-9-15(17)22/h4-10,24H,11H2,1-3H3,(H,23,25). The highest BCUT2D eigenvalue weighted by molar-refractivity contribution is 6.33. The van der Waals surface area contributed by atoms with Crippen molar-refractivity contribution < 1.29 is 9.18 Å². The molecule has 0 aliphatic heterocycles. The topological polar surface area (TPSA) is 44.9 Å². The van der Waals surface area contributed by atoms with E-state index in [1.54, 1.807) is 0 Å². The lowest BCUT2D eigenvalue weighted by atomic mass is 9.82. The number of aromatic nitrogens is 1. The molecule has 0 aliphatic carbocycles. The molecule has 25 heavy (non-hydrogen) atoms. The Kier molecular flexibility index (Phi) is 4.56. The number of hydrogen-bond donors (Lipinski definition) is 2. The molecule has 5 heteroatoms. The van der Waals surface area contributed by atoms with Crippen molar-refractivity contribution in [2.24, 2.45) is 0 Å². The molecule has 3 nitrogen and oxygen atoms in total. The number of fused-ring (bicyclic) bond motifs is 1. The summed E-state index contributed by atoms with van der Waals surface area (Å²) < 4.78 is 13.9. The van der Waals surface area contributed by atoms with E-state index in [1.807, 2.05) is 25.1 Å². The predicted octanol–water partition coefficient (Wildman–Crippen LogP) is 4.98. The number of aryl methyl sites for hydroxylation is 1. The van der Waals surface area contributed by atoms with Gasteiger partial charge in [0.05, 0.1) is 10.6 Å². The average molecular weight is 359 g/mol. The molecule has 1 amide bonds. The van der Waals surface area contributed by atoms with Crippen LogP contribution in [0.15, 0.2) is 42.5 Å². The summed E-state index contributed by atoms with van der Waals surface area (Å²) in [5.41, 5.74) is 2.81. The van der Waals surface area contributed by atoms with E-state index in [-0.39, 0.29) is 16.0 Å². The van der Waals surface area contributed by atoms with Gasteiger partial charge in [-0.25, -0.2) is 4.39 Å². The number of amides is 1. The maximum Gasteiger partial charge on any atom is 0.255 e. The molecular formula is C20H20ClFN2O. The molecule has 2 N–H and O–H groups in total. The summed E-state index contributed by atoms with van der Waals surface area (Å²) >= 11 is 5.97. The fourth-order valence-corrected chi connectivity index (χ4v) is 3.59. The fourth-order valence-electron chi connectivity index (χ4n) is 3.34. The normalized spacial score (nSPS) is 11.7. The van der Waals surface area contributed by atoms with Crippen LogP contribution in [-0.2, 0) is 5.41 Å². The number of nitrogens with one attached hydrogen (secondary N) is 2.